The van der Waals surface area contributed by atoms with Crippen molar-refractivity contribution < 1.29 is 0 Å². The average Bonchev–Trinajstić information content (AvgIpc) is 2.07. The van der Waals surface area contributed by atoms with Gasteiger partial charge in [-0.2, -0.15) is 0 Å². The largest absolute Gasteiger partial charge is 0.330 e. The molecule has 0 radical (unpaired) electrons. The fourth-order valence-electron chi connectivity index (χ4n) is 0.706. The molecule has 0 aliphatic carbocycles. The van der Waals surface area contributed by atoms with Crippen LogP contribution in [0.3, 0.4) is 0 Å². The van der Waals surface area contributed by atoms with Gasteiger partial charge in [0.25, 0.3) is 0 Å². The summed E-state index contributed by atoms with van der Waals surface area (Å²) in [4.78, 5) is 5.23. The number of hydrogen-bond acceptors (Lipinski definition) is 3. The van der Waals surface area contributed by atoms with Crippen LogP contribution in [0.15, 0.2) is 29.4 Å². The Morgan fingerprint density at radius 3 is 3.09 bits per heavy atom. The summed E-state index contributed by atoms with van der Waals surface area (Å²) in [5.41, 5.74) is 5.36. The number of nitrogens with two attached hydrogens (primary N) is 1. The molecule has 2 nitrogen and oxygen atoms in total. The lowest BCUT2D eigenvalue weighted by Crippen LogP contribution is -1.99. The van der Waals surface area contributed by atoms with E-state index in [-0.39, 0.29) is 0 Å². The highest BCUT2D eigenvalue weighted by Crippen LogP contribution is 2.15. The summed E-state index contributed by atoms with van der Waals surface area (Å²) < 4.78 is 0. The molecule has 0 unspecified atom stereocenters. The van der Waals surface area contributed by atoms with Gasteiger partial charge < -0.3 is 5.73 Å². The van der Waals surface area contributed by atoms with E-state index in [9.17, 15) is 0 Å². The fourth-order valence-corrected chi connectivity index (χ4v) is 1.56. The van der Waals surface area contributed by atoms with Gasteiger partial charge in [-0.1, -0.05) is 0 Å². The van der Waals surface area contributed by atoms with E-state index >= 15 is 0 Å². The van der Waals surface area contributed by atoms with Gasteiger partial charge in [0.15, 0.2) is 0 Å². The maximum absolute atomic E-state index is 5.36. The predicted octanol–water partition coefficient (Wildman–Crippen LogP) is 1.52. The van der Waals surface area contributed by atoms with E-state index in [1.807, 2.05) is 12.3 Å². The van der Waals surface area contributed by atoms with Crippen molar-refractivity contribution in [2.75, 3.05) is 12.3 Å². The Morgan fingerprint density at radius 1 is 1.55 bits per heavy atom. The Balaban J connectivity index is 2.28. The van der Waals surface area contributed by atoms with Crippen LogP contribution < -0.4 is 5.73 Å². The normalized spacial score (nSPS) is 9.91. The Kier molecular flexibility index (Phi) is 4.01. The van der Waals surface area contributed by atoms with Crippen LogP contribution in [-0.2, 0) is 0 Å². The van der Waals surface area contributed by atoms with Gasteiger partial charge in [-0.15, -0.1) is 11.8 Å². The minimum absolute atomic E-state index is 0.771. The third kappa shape index (κ3) is 3.39. The van der Waals surface area contributed by atoms with E-state index in [1.165, 1.54) is 4.90 Å². The van der Waals surface area contributed by atoms with Gasteiger partial charge in [-0.3, -0.25) is 4.98 Å². The molecule has 1 aromatic heterocycles. The van der Waals surface area contributed by atoms with Crippen molar-refractivity contribution in [1.82, 2.24) is 4.98 Å². The molecule has 3 heteroatoms. The monoisotopic (exact) mass is 168 g/mol. The van der Waals surface area contributed by atoms with E-state index in [2.05, 4.69) is 11.1 Å². The first-order valence-corrected chi connectivity index (χ1v) is 4.65. The molecular formula is C8H12N2S. The molecule has 11 heavy (non-hydrogen) atoms. The van der Waals surface area contributed by atoms with Crippen molar-refractivity contribution in [3.8, 4) is 0 Å². The minimum Gasteiger partial charge on any atom is -0.330 e. The van der Waals surface area contributed by atoms with Crippen molar-refractivity contribution in [1.29, 1.82) is 0 Å². The molecule has 2 N–H and O–H groups in total. The van der Waals surface area contributed by atoms with Crippen molar-refractivity contribution in [2.45, 2.75) is 11.3 Å². The van der Waals surface area contributed by atoms with Crippen LogP contribution in [0.1, 0.15) is 6.42 Å². The molecule has 0 fully saturated rings. The Hall–Kier alpha value is -0.540. The molecule has 0 aromatic carbocycles. The van der Waals surface area contributed by atoms with Gasteiger partial charge in [0, 0.05) is 17.3 Å². The van der Waals surface area contributed by atoms with Crippen LogP contribution in [0.4, 0.5) is 0 Å². The van der Waals surface area contributed by atoms with Gasteiger partial charge in [0.1, 0.15) is 0 Å². The molecule has 0 aliphatic rings. The highest BCUT2D eigenvalue weighted by Gasteiger charge is 1.90. The lowest BCUT2D eigenvalue weighted by Gasteiger charge is -1.97. The predicted molar refractivity (Wildman–Crippen MR) is 48.6 cm³/mol. The zero-order valence-electron chi connectivity index (χ0n) is 6.36. The van der Waals surface area contributed by atoms with E-state index in [0.717, 1.165) is 18.7 Å². The van der Waals surface area contributed by atoms with Gasteiger partial charge in [-0.25, -0.2) is 0 Å². The number of pyridine rings is 1. The second-order valence-electron chi connectivity index (χ2n) is 2.18. The van der Waals surface area contributed by atoms with Crippen LogP contribution in [0.5, 0.6) is 0 Å². The van der Waals surface area contributed by atoms with Gasteiger partial charge in [-0.05, 0) is 30.9 Å². The van der Waals surface area contributed by atoms with Crippen molar-refractivity contribution in [3.63, 3.8) is 0 Å². The summed E-state index contributed by atoms with van der Waals surface area (Å²) in [7, 11) is 0. The summed E-state index contributed by atoms with van der Waals surface area (Å²) in [5, 5.41) is 0. The number of hydrogen-bond donors (Lipinski definition) is 1. The fraction of sp³-hybridized carbons (Fsp3) is 0.375. The molecule has 0 amide bonds. The number of aromatic nitrogens is 1. The molecule has 0 saturated heterocycles. The maximum Gasteiger partial charge on any atom is 0.0403 e. The Bertz CT molecular complexity index is 189. The van der Waals surface area contributed by atoms with E-state index < -0.39 is 0 Å². The summed E-state index contributed by atoms with van der Waals surface area (Å²) in [6, 6.07) is 4.01. The maximum atomic E-state index is 5.36. The van der Waals surface area contributed by atoms with Crippen LogP contribution >= 0.6 is 11.8 Å². The SMILES string of the molecule is NCCCSc1cccnc1. The molecule has 1 heterocycles. The molecule has 0 atom stereocenters. The van der Waals surface area contributed by atoms with Crippen molar-refractivity contribution >= 4 is 11.8 Å². The second-order valence-corrected chi connectivity index (χ2v) is 3.35. The van der Waals surface area contributed by atoms with Crippen LogP contribution in [0.25, 0.3) is 0 Å². The van der Waals surface area contributed by atoms with Crippen LogP contribution in [0.2, 0.25) is 0 Å². The first-order valence-electron chi connectivity index (χ1n) is 3.66. The topological polar surface area (TPSA) is 38.9 Å². The smallest absolute Gasteiger partial charge is 0.0403 e. The second kappa shape index (κ2) is 5.16. The summed E-state index contributed by atoms with van der Waals surface area (Å²) in [6.07, 6.45) is 4.73. The first-order chi connectivity index (χ1) is 5.43. The quantitative estimate of drug-likeness (QED) is 0.547. The van der Waals surface area contributed by atoms with Gasteiger partial charge in [0.05, 0.1) is 0 Å². The van der Waals surface area contributed by atoms with Crippen LogP contribution in [-0.4, -0.2) is 17.3 Å². The zero-order chi connectivity index (χ0) is 7.94. The Morgan fingerprint density at radius 2 is 2.45 bits per heavy atom. The molecule has 0 saturated carbocycles. The third-order valence-corrected chi connectivity index (χ3v) is 2.32. The average molecular weight is 168 g/mol. The summed E-state index contributed by atoms with van der Waals surface area (Å²) in [5.74, 6) is 1.09. The number of rotatable bonds is 4. The highest BCUT2D eigenvalue weighted by atomic mass is 32.2. The lowest BCUT2D eigenvalue weighted by atomic mass is 10.5. The van der Waals surface area contributed by atoms with E-state index in [0.29, 0.717) is 0 Å². The third-order valence-electron chi connectivity index (χ3n) is 1.25. The molecule has 1 aromatic rings. The first kappa shape index (κ1) is 8.56. The van der Waals surface area contributed by atoms with Gasteiger partial charge >= 0.3 is 0 Å². The van der Waals surface area contributed by atoms with E-state index in [4.69, 9.17) is 5.73 Å². The number of thioether (sulfide) groups is 1. The molecule has 1 rings (SSSR count). The standard InChI is InChI=1S/C8H12N2S/c9-4-2-6-11-8-3-1-5-10-7-8/h1,3,5,7H,2,4,6,9H2. The molecule has 60 valence electrons. The van der Waals surface area contributed by atoms with Crippen LogP contribution in [0, 0.1) is 0 Å². The zero-order valence-corrected chi connectivity index (χ0v) is 7.18. The van der Waals surface area contributed by atoms with Crippen molar-refractivity contribution in [3.05, 3.63) is 24.5 Å². The highest BCUT2D eigenvalue weighted by molar-refractivity contribution is 7.99. The summed E-state index contributed by atoms with van der Waals surface area (Å²) in [6.45, 7) is 0.771. The molecule has 0 bridgehead atoms. The number of nitrogens with zero attached hydrogens (tertiary/aromatic N) is 1. The minimum atomic E-state index is 0.771. The van der Waals surface area contributed by atoms with Gasteiger partial charge in [0.2, 0.25) is 0 Å². The van der Waals surface area contributed by atoms with E-state index in [1.54, 1.807) is 18.0 Å². The lowest BCUT2D eigenvalue weighted by molar-refractivity contribution is 0.942. The van der Waals surface area contributed by atoms with Crippen molar-refractivity contribution in [2.24, 2.45) is 5.73 Å². The molecule has 0 aliphatic heterocycles. The molecule has 0 spiro atoms. The molecular weight excluding hydrogens is 156 g/mol. The Labute approximate surface area is 71.2 Å². The summed E-state index contributed by atoms with van der Waals surface area (Å²) >= 11 is 1.80.